The molecule has 0 radical (unpaired) electrons. The predicted molar refractivity (Wildman–Crippen MR) is 89.2 cm³/mol. The fourth-order valence-electron chi connectivity index (χ4n) is 1.55. The zero-order valence-corrected chi connectivity index (χ0v) is 15.1. The molecule has 0 fully saturated rings. The smallest absolute Gasteiger partial charge is 0.343 e. The monoisotopic (exact) mass is 414 g/mol. The number of ether oxygens (including phenoxy) is 2. The van der Waals surface area contributed by atoms with Crippen LogP contribution in [0.25, 0.3) is 0 Å². The molecule has 0 saturated heterocycles. The highest BCUT2D eigenvalue weighted by molar-refractivity contribution is 6.67. The summed E-state index contributed by atoms with van der Waals surface area (Å²) in [5.41, 5.74) is 0.0568. The van der Waals surface area contributed by atoms with Gasteiger partial charge in [0, 0.05) is 12.4 Å². The molecule has 5 nitrogen and oxygen atoms in total. The summed E-state index contributed by atoms with van der Waals surface area (Å²) in [6.45, 7) is 0. The van der Waals surface area contributed by atoms with E-state index in [0.29, 0.717) is 0 Å². The van der Waals surface area contributed by atoms with Crippen LogP contribution < -0.4 is 9.47 Å². The van der Waals surface area contributed by atoms with E-state index >= 15 is 0 Å². The van der Waals surface area contributed by atoms with Gasteiger partial charge >= 0.3 is 5.97 Å². The number of rotatable bonds is 3. The van der Waals surface area contributed by atoms with Crippen molar-refractivity contribution in [3.8, 4) is 11.6 Å². The largest absolute Gasteiger partial charge is 0.480 e. The number of carbonyl (C=O) groups excluding carboxylic acids is 1. The summed E-state index contributed by atoms with van der Waals surface area (Å²) in [6.07, 6.45) is 2.86. The summed E-state index contributed by atoms with van der Waals surface area (Å²) >= 11 is 29.6. The fourth-order valence-corrected chi connectivity index (χ4v) is 2.73. The zero-order valence-electron chi connectivity index (χ0n) is 11.3. The third-order valence-electron chi connectivity index (χ3n) is 2.58. The average Bonchev–Trinajstić information content (AvgIpc) is 2.51. The Hall–Kier alpha value is -0.980. The Morgan fingerprint density at radius 1 is 1.13 bits per heavy atom. The molecule has 23 heavy (non-hydrogen) atoms. The van der Waals surface area contributed by atoms with Crippen LogP contribution in [0, 0.1) is 0 Å². The highest BCUT2D eigenvalue weighted by atomic mass is 35.6. The maximum Gasteiger partial charge on any atom is 0.343 e. The van der Waals surface area contributed by atoms with Gasteiger partial charge in [-0.05, 0) is 12.1 Å². The van der Waals surface area contributed by atoms with Gasteiger partial charge in [0.2, 0.25) is 9.67 Å². The predicted octanol–water partition coefficient (Wildman–Crippen LogP) is 4.84. The van der Waals surface area contributed by atoms with E-state index in [0.717, 1.165) is 0 Å². The van der Waals surface area contributed by atoms with Crippen molar-refractivity contribution in [2.45, 2.75) is 3.79 Å². The molecule has 10 heteroatoms. The minimum Gasteiger partial charge on any atom is -0.480 e. The molecule has 0 N–H and O–H groups in total. The first-order chi connectivity index (χ1) is 10.8. The van der Waals surface area contributed by atoms with Crippen LogP contribution in [-0.4, -0.2) is 23.0 Å². The molecule has 0 aliphatic rings. The molecule has 0 aliphatic carbocycles. The van der Waals surface area contributed by atoms with Crippen LogP contribution in [0.4, 0.5) is 0 Å². The van der Waals surface area contributed by atoms with E-state index < -0.39 is 9.76 Å². The number of halogens is 5. The highest BCUT2D eigenvalue weighted by Crippen LogP contribution is 2.48. The van der Waals surface area contributed by atoms with Crippen molar-refractivity contribution in [3.63, 3.8) is 0 Å². The van der Waals surface area contributed by atoms with E-state index in [1.165, 1.54) is 31.6 Å². The fraction of sp³-hybridized carbons (Fsp3) is 0.154. The maximum absolute atomic E-state index is 12.2. The van der Waals surface area contributed by atoms with E-state index in [1.807, 2.05) is 0 Å². The third kappa shape index (κ3) is 4.11. The molecule has 122 valence electrons. The van der Waals surface area contributed by atoms with E-state index in [9.17, 15) is 4.79 Å². The Morgan fingerprint density at radius 2 is 1.74 bits per heavy atom. The van der Waals surface area contributed by atoms with Crippen molar-refractivity contribution in [1.82, 2.24) is 9.97 Å². The van der Waals surface area contributed by atoms with Gasteiger partial charge in [0.1, 0.15) is 15.7 Å². The van der Waals surface area contributed by atoms with Crippen LogP contribution in [0.1, 0.15) is 16.1 Å². The molecule has 0 aromatic carbocycles. The van der Waals surface area contributed by atoms with Crippen LogP contribution in [-0.2, 0) is 3.79 Å². The highest BCUT2D eigenvalue weighted by Gasteiger charge is 2.33. The summed E-state index contributed by atoms with van der Waals surface area (Å²) in [5.74, 6) is -1.04. The second-order valence-electron chi connectivity index (χ2n) is 4.05. The quantitative estimate of drug-likeness (QED) is 0.529. The van der Waals surface area contributed by atoms with Gasteiger partial charge in [0.05, 0.1) is 12.7 Å². The number of hydrogen-bond donors (Lipinski definition) is 0. The standard InChI is InChI=1S/C13H7Cl5N2O3/c1-22-11-8(15)9(7(14)10(20-11)13(16,17)18)23-12(21)6-2-4-19-5-3-6/h2-5H,1H3. The minimum atomic E-state index is -1.97. The Bertz CT molecular complexity index is 735. The Kier molecular flexibility index (Phi) is 5.81. The minimum absolute atomic E-state index is 0.102. The van der Waals surface area contributed by atoms with Gasteiger partial charge in [-0.15, -0.1) is 0 Å². The topological polar surface area (TPSA) is 61.3 Å². The molecular formula is C13H7Cl5N2O3. The Labute approximate surface area is 156 Å². The third-order valence-corrected chi connectivity index (χ3v) is 3.80. The second kappa shape index (κ2) is 7.28. The molecule has 2 heterocycles. The lowest BCUT2D eigenvalue weighted by Gasteiger charge is -2.17. The molecule has 0 amide bonds. The lowest BCUT2D eigenvalue weighted by Crippen LogP contribution is -2.13. The SMILES string of the molecule is COc1nc(C(Cl)(Cl)Cl)c(Cl)c(OC(=O)c2ccncc2)c1Cl. The van der Waals surface area contributed by atoms with Gasteiger partial charge in [0.15, 0.2) is 5.75 Å². The van der Waals surface area contributed by atoms with Gasteiger partial charge < -0.3 is 9.47 Å². The van der Waals surface area contributed by atoms with Crippen molar-refractivity contribution in [2.75, 3.05) is 7.11 Å². The summed E-state index contributed by atoms with van der Waals surface area (Å²) in [4.78, 5) is 19.9. The van der Waals surface area contributed by atoms with Crippen molar-refractivity contribution in [1.29, 1.82) is 0 Å². The first kappa shape index (κ1) is 18.4. The molecule has 0 atom stereocenters. The number of aromatic nitrogens is 2. The number of nitrogens with zero attached hydrogens (tertiary/aromatic N) is 2. The van der Waals surface area contributed by atoms with Crippen molar-refractivity contribution in [3.05, 3.63) is 45.8 Å². The van der Waals surface area contributed by atoms with Gasteiger partial charge in [-0.2, -0.15) is 0 Å². The van der Waals surface area contributed by atoms with Crippen molar-refractivity contribution in [2.24, 2.45) is 0 Å². The number of methoxy groups -OCH3 is 1. The van der Waals surface area contributed by atoms with Crippen LogP contribution in [0.3, 0.4) is 0 Å². The second-order valence-corrected chi connectivity index (χ2v) is 7.09. The van der Waals surface area contributed by atoms with Gasteiger partial charge in [-0.3, -0.25) is 4.98 Å². The first-order valence-corrected chi connectivity index (χ1v) is 7.77. The summed E-state index contributed by atoms with van der Waals surface area (Å²) in [5, 5.41) is -0.337. The van der Waals surface area contributed by atoms with Gasteiger partial charge in [0.25, 0.3) is 0 Å². The molecule has 2 rings (SSSR count). The number of hydrogen-bond acceptors (Lipinski definition) is 5. The first-order valence-electron chi connectivity index (χ1n) is 5.88. The molecule has 0 spiro atoms. The molecule has 0 unspecified atom stereocenters. The molecule has 2 aromatic rings. The Morgan fingerprint density at radius 3 is 2.26 bits per heavy atom. The number of pyridine rings is 2. The van der Waals surface area contributed by atoms with E-state index in [4.69, 9.17) is 67.5 Å². The van der Waals surface area contributed by atoms with E-state index in [1.54, 1.807) is 0 Å². The van der Waals surface area contributed by atoms with Crippen molar-refractivity contribution >= 4 is 64.0 Å². The van der Waals surface area contributed by atoms with Crippen LogP contribution in [0.2, 0.25) is 10.0 Å². The molecule has 0 saturated carbocycles. The van der Waals surface area contributed by atoms with Crippen LogP contribution >= 0.6 is 58.0 Å². The normalized spacial score (nSPS) is 11.2. The molecule has 0 aliphatic heterocycles. The van der Waals surface area contributed by atoms with Gasteiger partial charge in [-0.25, -0.2) is 9.78 Å². The number of alkyl halides is 3. The summed E-state index contributed by atoms with van der Waals surface area (Å²) in [6, 6.07) is 2.91. The summed E-state index contributed by atoms with van der Waals surface area (Å²) in [7, 11) is 1.30. The van der Waals surface area contributed by atoms with E-state index in [-0.39, 0.29) is 32.9 Å². The van der Waals surface area contributed by atoms with Crippen LogP contribution in [0.15, 0.2) is 24.5 Å². The van der Waals surface area contributed by atoms with Gasteiger partial charge in [-0.1, -0.05) is 58.0 Å². The molecule has 0 bridgehead atoms. The lowest BCUT2D eigenvalue weighted by atomic mass is 10.3. The number of carbonyl (C=O) groups is 1. The molecular weight excluding hydrogens is 409 g/mol. The zero-order chi connectivity index (χ0) is 17.2. The van der Waals surface area contributed by atoms with Crippen molar-refractivity contribution < 1.29 is 14.3 Å². The van der Waals surface area contributed by atoms with E-state index in [2.05, 4.69) is 9.97 Å². The average molecular weight is 416 g/mol. The number of esters is 1. The lowest BCUT2D eigenvalue weighted by molar-refractivity contribution is 0.0734. The van der Waals surface area contributed by atoms with Crippen LogP contribution in [0.5, 0.6) is 11.6 Å². The Balaban J connectivity index is 2.51. The summed E-state index contributed by atoms with van der Waals surface area (Å²) < 4.78 is 8.23. The molecule has 2 aromatic heterocycles. The maximum atomic E-state index is 12.2.